The summed E-state index contributed by atoms with van der Waals surface area (Å²) in [6.45, 7) is 0.568. The van der Waals surface area contributed by atoms with Crippen molar-refractivity contribution in [2.24, 2.45) is 4.99 Å². The summed E-state index contributed by atoms with van der Waals surface area (Å²) in [6.07, 6.45) is 7.34. The number of carbonyl (C=O) groups excluding carboxylic acids is 1. The molecule has 0 saturated carbocycles. The summed E-state index contributed by atoms with van der Waals surface area (Å²) in [5.41, 5.74) is 0. The standard InChI is InChI=1S/C10H13N3O3/c11-7-15-5-3-1-2-4-10(16-8-12)6-13-9-14/h10H,1-6H2. The van der Waals surface area contributed by atoms with Gasteiger partial charge in [0.25, 0.3) is 12.5 Å². The van der Waals surface area contributed by atoms with Crippen LogP contribution in [0.2, 0.25) is 0 Å². The summed E-state index contributed by atoms with van der Waals surface area (Å²) >= 11 is 0. The number of hydrogen-bond acceptors (Lipinski definition) is 6. The Labute approximate surface area is 94.1 Å². The fraction of sp³-hybridized carbons (Fsp3) is 0.700. The molecule has 0 spiro atoms. The smallest absolute Gasteiger partial charge is 0.286 e. The molecule has 6 heteroatoms. The molecular weight excluding hydrogens is 210 g/mol. The zero-order chi connectivity index (χ0) is 12.1. The molecule has 0 aromatic carbocycles. The first-order valence-electron chi connectivity index (χ1n) is 4.94. The first-order chi connectivity index (χ1) is 7.85. The van der Waals surface area contributed by atoms with Gasteiger partial charge in [-0.15, -0.1) is 0 Å². The zero-order valence-electron chi connectivity index (χ0n) is 8.89. The van der Waals surface area contributed by atoms with Gasteiger partial charge in [0.2, 0.25) is 6.08 Å². The van der Waals surface area contributed by atoms with Crippen LogP contribution in [0.1, 0.15) is 25.7 Å². The van der Waals surface area contributed by atoms with Gasteiger partial charge < -0.3 is 9.47 Å². The maximum Gasteiger partial charge on any atom is 0.286 e. The SMILES string of the molecule is N#COCCCCCC(CN=C=O)OC#N. The van der Waals surface area contributed by atoms with Crippen molar-refractivity contribution in [2.75, 3.05) is 13.2 Å². The van der Waals surface area contributed by atoms with E-state index in [4.69, 9.17) is 15.3 Å². The lowest BCUT2D eigenvalue weighted by Crippen LogP contribution is -2.14. The fourth-order valence-corrected chi connectivity index (χ4v) is 1.17. The van der Waals surface area contributed by atoms with Crippen molar-refractivity contribution in [3.05, 3.63) is 0 Å². The van der Waals surface area contributed by atoms with E-state index >= 15 is 0 Å². The monoisotopic (exact) mass is 223 g/mol. The van der Waals surface area contributed by atoms with Crippen LogP contribution in [-0.4, -0.2) is 25.3 Å². The fourth-order valence-electron chi connectivity index (χ4n) is 1.17. The molecule has 0 radical (unpaired) electrons. The number of unbranched alkanes of at least 4 members (excludes halogenated alkanes) is 2. The molecule has 0 heterocycles. The predicted octanol–water partition coefficient (Wildman–Crippen LogP) is 1.25. The summed E-state index contributed by atoms with van der Waals surface area (Å²) in [4.78, 5) is 13.3. The zero-order valence-corrected chi connectivity index (χ0v) is 8.89. The molecule has 0 amide bonds. The second-order valence-electron chi connectivity index (χ2n) is 3.05. The number of aliphatic imine (C=N–C) groups is 1. The van der Waals surface area contributed by atoms with E-state index in [1.165, 1.54) is 6.08 Å². The highest BCUT2D eigenvalue weighted by atomic mass is 16.5. The van der Waals surface area contributed by atoms with Crippen LogP contribution in [-0.2, 0) is 14.3 Å². The normalized spacial score (nSPS) is 10.4. The molecule has 0 saturated heterocycles. The van der Waals surface area contributed by atoms with Crippen molar-refractivity contribution in [1.82, 2.24) is 0 Å². The molecule has 1 unspecified atom stereocenters. The number of hydrogen-bond donors (Lipinski definition) is 0. The van der Waals surface area contributed by atoms with Gasteiger partial charge in [0, 0.05) is 0 Å². The van der Waals surface area contributed by atoms with Gasteiger partial charge >= 0.3 is 0 Å². The molecule has 6 nitrogen and oxygen atoms in total. The third-order valence-corrected chi connectivity index (χ3v) is 1.92. The largest absolute Gasteiger partial charge is 0.428 e. The molecule has 1 atom stereocenters. The summed E-state index contributed by atoms with van der Waals surface area (Å²) in [5, 5.41) is 16.4. The van der Waals surface area contributed by atoms with E-state index < -0.39 is 0 Å². The highest BCUT2D eigenvalue weighted by molar-refractivity contribution is 5.32. The predicted molar refractivity (Wildman–Crippen MR) is 53.5 cm³/mol. The molecule has 0 rings (SSSR count). The molecule has 0 aliphatic heterocycles. The first-order valence-corrected chi connectivity index (χ1v) is 4.94. The quantitative estimate of drug-likeness (QED) is 0.253. The molecule has 0 aliphatic carbocycles. The summed E-state index contributed by atoms with van der Waals surface area (Å²) in [6, 6.07) is 0. The van der Waals surface area contributed by atoms with E-state index in [-0.39, 0.29) is 12.6 Å². The minimum absolute atomic E-state index is 0.158. The highest BCUT2D eigenvalue weighted by Crippen LogP contribution is 2.07. The molecule has 0 aliphatic rings. The molecule has 0 aromatic heterocycles. The van der Waals surface area contributed by atoms with Gasteiger partial charge in [-0.05, 0) is 25.7 Å². The second kappa shape index (κ2) is 11.0. The summed E-state index contributed by atoms with van der Waals surface area (Å²) in [7, 11) is 0. The van der Waals surface area contributed by atoms with Crippen molar-refractivity contribution in [3.63, 3.8) is 0 Å². The Balaban J connectivity index is 3.56. The minimum atomic E-state index is -0.358. The van der Waals surface area contributed by atoms with Crippen LogP contribution >= 0.6 is 0 Å². The average molecular weight is 223 g/mol. The Hall–Kier alpha value is -2.04. The van der Waals surface area contributed by atoms with Crippen LogP contribution < -0.4 is 0 Å². The molecule has 0 N–H and O–H groups in total. The van der Waals surface area contributed by atoms with Gasteiger partial charge in [0.05, 0.1) is 6.54 Å². The Kier molecular flexibility index (Phi) is 9.63. The lowest BCUT2D eigenvalue weighted by molar-refractivity contribution is 0.155. The Morgan fingerprint density at radius 2 is 2.00 bits per heavy atom. The van der Waals surface area contributed by atoms with Crippen molar-refractivity contribution in [2.45, 2.75) is 31.8 Å². The first kappa shape index (κ1) is 14.0. The minimum Gasteiger partial charge on any atom is -0.428 e. The van der Waals surface area contributed by atoms with Crippen LogP contribution in [0, 0.1) is 23.0 Å². The van der Waals surface area contributed by atoms with Crippen LogP contribution in [0.3, 0.4) is 0 Å². The van der Waals surface area contributed by atoms with E-state index in [0.717, 1.165) is 19.3 Å². The van der Waals surface area contributed by atoms with Crippen molar-refractivity contribution in [1.29, 1.82) is 10.5 Å². The van der Waals surface area contributed by atoms with Crippen molar-refractivity contribution in [3.8, 4) is 12.5 Å². The number of nitriles is 2. The summed E-state index contributed by atoms with van der Waals surface area (Å²) in [5.74, 6) is 0. The van der Waals surface area contributed by atoms with Crippen molar-refractivity contribution >= 4 is 6.08 Å². The Bertz CT molecular complexity index is 299. The number of isocyanates is 1. The van der Waals surface area contributed by atoms with E-state index in [2.05, 4.69) is 9.73 Å². The van der Waals surface area contributed by atoms with Gasteiger partial charge in [-0.1, -0.05) is 0 Å². The molecule has 86 valence electrons. The maximum absolute atomic E-state index is 9.88. The lowest BCUT2D eigenvalue weighted by atomic mass is 10.1. The van der Waals surface area contributed by atoms with E-state index in [0.29, 0.717) is 13.0 Å². The Morgan fingerprint density at radius 3 is 2.62 bits per heavy atom. The summed E-state index contributed by atoms with van der Waals surface area (Å²) < 4.78 is 9.23. The van der Waals surface area contributed by atoms with Crippen LogP contribution in [0.25, 0.3) is 0 Å². The third-order valence-electron chi connectivity index (χ3n) is 1.92. The van der Waals surface area contributed by atoms with E-state index in [1.54, 1.807) is 12.5 Å². The highest BCUT2D eigenvalue weighted by Gasteiger charge is 2.08. The second-order valence-corrected chi connectivity index (χ2v) is 3.05. The maximum atomic E-state index is 9.88. The van der Waals surface area contributed by atoms with Crippen molar-refractivity contribution < 1.29 is 14.3 Å². The number of nitrogens with zero attached hydrogens (tertiary/aromatic N) is 3. The van der Waals surface area contributed by atoms with Crippen LogP contribution in [0.15, 0.2) is 4.99 Å². The van der Waals surface area contributed by atoms with Gasteiger partial charge in [-0.3, -0.25) is 0 Å². The third kappa shape index (κ3) is 8.55. The van der Waals surface area contributed by atoms with Gasteiger partial charge in [0.15, 0.2) is 0 Å². The Morgan fingerprint density at radius 1 is 1.19 bits per heavy atom. The van der Waals surface area contributed by atoms with E-state index in [9.17, 15) is 4.79 Å². The number of rotatable bonds is 9. The van der Waals surface area contributed by atoms with E-state index in [1.807, 2.05) is 0 Å². The van der Waals surface area contributed by atoms with Gasteiger partial charge in [0.1, 0.15) is 12.7 Å². The lowest BCUT2D eigenvalue weighted by Gasteiger charge is -2.09. The van der Waals surface area contributed by atoms with Crippen LogP contribution in [0.5, 0.6) is 0 Å². The van der Waals surface area contributed by atoms with Crippen LogP contribution in [0.4, 0.5) is 0 Å². The molecule has 0 fully saturated rings. The number of ether oxygens (including phenoxy) is 2. The van der Waals surface area contributed by atoms with Gasteiger partial charge in [-0.2, -0.15) is 10.5 Å². The molecule has 16 heavy (non-hydrogen) atoms. The molecule has 0 bridgehead atoms. The topological polar surface area (TPSA) is 95.5 Å². The van der Waals surface area contributed by atoms with Gasteiger partial charge in [-0.25, -0.2) is 9.79 Å². The average Bonchev–Trinajstić information content (AvgIpc) is 2.30. The molecular formula is C10H13N3O3. The molecule has 0 aromatic rings.